The molecule has 0 N–H and O–H groups in total. The maximum Gasteiger partial charge on any atom is 0.136 e. The first-order valence-electron chi connectivity index (χ1n) is 16.9. The van der Waals surface area contributed by atoms with Gasteiger partial charge >= 0.3 is 0 Å². The topological polar surface area (TPSA) is 13.1 Å². The molecule has 1 heterocycles. The molecule has 0 unspecified atom stereocenters. The molecule has 0 fully saturated rings. The molecule has 0 saturated carbocycles. The minimum atomic E-state index is 0.907. The van der Waals surface area contributed by atoms with Crippen molar-refractivity contribution in [1.29, 1.82) is 0 Å². The molecule has 9 aromatic carbocycles. The summed E-state index contributed by atoms with van der Waals surface area (Å²) in [6, 6.07) is 65.8. The summed E-state index contributed by atoms with van der Waals surface area (Å²) in [6.45, 7) is 0. The highest BCUT2D eigenvalue weighted by atomic mass is 16.3. The van der Waals surface area contributed by atoms with Crippen molar-refractivity contribution in [2.75, 3.05) is 0 Å². The van der Waals surface area contributed by atoms with Gasteiger partial charge in [-0.15, -0.1) is 0 Å². The first kappa shape index (κ1) is 27.7. The second-order valence-electron chi connectivity index (χ2n) is 12.8. The number of fused-ring (bicyclic) bond motifs is 6. The van der Waals surface area contributed by atoms with Gasteiger partial charge in [0.1, 0.15) is 11.2 Å². The summed E-state index contributed by atoms with van der Waals surface area (Å²) in [6.07, 6.45) is 0. The molecule has 0 bridgehead atoms. The van der Waals surface area contributed by atoms with Gasteiger partial charge in [0.25, 0.3) is 0 Å². The van der Waals surface area contributed by atoms with Crippen LogP contribution in [-0.4, -0.2) is 0 Å². The molecule has 49 heavy (non-hydrogen) atoms. The molecule has 1 aromatic heterocycles. The van der Waals surface area contributed by atoms with E-state index in [9.17, 15) is 0 Å². The van der Waals surface area contributed by atoms with E-state index in [1.54, 1.807) is 0 Å². The number of benzene rings is 9. The number of para-hydroxylation sites is 1. The van der Waals surface area contributed by atoms with Gasteiger partial charge in [-0.3, -0.25) is 0 Å². The average molecular weight is 623 g/mol. The summed E-state index contributed by atoms with van der Waals surface area (Å²) < 4.78 is 6.39. The van der Waals surface area contributed by atoms with Crippen LogP contribution in [-0.2, 0) is 0 Å². The molecule has 1 heteroatoms. The highest BCUT2D eigenvalue weighted by Gasteiger charge is 2.22. The standard InChI is InChI=1S/C48H30O/c1-3-14-31(15-4-1)34-23-13-24-39-36(34)29-28-35(32-16-5-2-6-17-32)47(39)48-42-21-9-7-19-40(42)46(41-20-8-10-22-43(41)48)33-26-27-38-37-18-11-12-25-44(37)49-45(38)30-33/h1-30H. The fourth-order valence-corrected chi connectivity index (χ4v) is 7.95. The third kappa shape index (κ3) is 4.33. The van der Waals surface area contributed by atoms with Crippen LogP contribution in [0.3, 0.4) is 0 Å². The molecule has 0 aliphatic carbocycles. The van der Waals surface area contributed by atoms with Gasteiger partial charge in [-0.25, -0.2) is 0 Å². The van der Waals surface area contributed by atoms with Crippen LogP contribution in [0, 0.1) is 0 Å². The molecule has 0 atom stereocenters. The van der Waals surface area contributed by atoms with E-state index in [2.05, 4.69) is 170 Å². The smallest absolute Gasteiger partial charge is 0.136 e. The summed E-state index contributed by atoms with van der Waals surface area (Å²) in [7, 11) is 0. The van der Waals surface area contributed by atoms with Crippen molar-refractivity contribution in [2.24, 2.45) is 0 Å². The molecule has 0 amide bonds. The summed E-state index contributed by atoms with van der Waals surface area (Å²) in [5.74, 6) is 0. The van der Waals surface area contributed by atoms with Gasteiger partial charge in [-0.05, 0) is 95.0 Å². The molecular formula is C48H30O. The number of hydrogen-bond acceptors (Lipinski definition) is 1. The average Bonchev–Trinajstić information content (AvgIpc) is 3.55. The minimum Gasteiger partial charge on any atom is -0.456 e. The Balaban J connectivity index is 1.34. The zero-order chi connectivity index (χ0) is 32.3. The van der Waals surface area contributed by atoms with E-state index in [0.29, 0.717) is 0 Å². The van der Waals surface area contributed by atoms with Crippen molar-refractivity contribution in [1.82, 2.24) is 0 Å². The van der Waals surface area contributed by atoms with Crippen LogP contribution in [0.1, 0.15) is 0 Å². The van der Waals surface area contributed by atoms with Crippen molar-refractivity contribution in [3.8, 4) is 44.5 Å². The molecule has 10 rings (SSSR count). The second-order valence-corrected chi connectivity index (χ2v) is 12.8. The van der Waals surface area contributed by atoms with E-state index in [0.717, 1.165) is 27.5 Å². The van der Waals surface area contributed by atoms with Crippen LogP contribution >= 0.6 is 0 Å². The molecule has 10 aromatic rings. The van der Waals surface area contributed by atoms with E-state index in [4.69, 9.17) is 4.42 Å². The highest BCUT2D eigenvalue weighted by Crippen LogP contribution is 2.49. The van der Waals surface area contributed by atoms with Gasteiger partial charge < -0.3 is 4.42 Å². The van der Waals surface area contributed by atoms with Gasteiger partial charge in [0.2, 0.25) is 0 Å². The van der Waals surface area contributed by atoms with Crippen LogP contribution in [0.15, 0.2) is 186 Å². The van der Waals surface area contributed by atoms with E-state index in [1.807, 2.05) is 12.1 Å². The Morgan fingerprint density at radius 3 is 1.41 bits per heavy atom. The Morgan fingerprint density at radius 2 is 0.735 bits per heavy atom. The predicted octanol–water partition coefficient (Wildman–Crippen LogP) is 13.7. The van der Waals surface area contributed by atoms with Gasteiger partial charge in [0.05, 0.1) is 0 Å². The van der Waals surface area contributed by atoms with Crippen LogP contribution in [0.25, 0.3) is 98.8 Å². The Labute approximate surface area is 284 Å². The molecule has 0 aliphatic rings. The highest BCUT2D eigenvalue weighted by molar-refractivity contribution is 6.26. The molecule has 0 aliphatic heterocycles. The van der Waals surface area contributed by atoms with Crippen LogP contribution in [0.2, 0.25) is 0 Å². The lowest BCUT2D eigenvalue weighted by atomic mass is 9.81. The van der Waals surface area contributed by atoms with Crippen molar-refractivity contribution in [3.05, 3.63) is 182 Å². The summed E-state index contributed by atoms with van der Waals surface area (Å²) >= 11 is 0. The third-order valence-corrected chi connectivity index (χ3v) is 10.1. The van der Waals surface area contributed by atoms with Crippen molar-refractivity contribution in [3.63, 3.8) is 0 Å². The Hall–Kier alpha value is -6.44. The van der Waals surface area contributed by atoms with E-state index in [-0.39, 0.29) is 0 Å². The van der Waals surface area contributed by atoms with Crippen LogP contribution in [0.5, 0.6) is 0 Å². The fraction of sp³-hybridized carbons (Fsp3) is 0. The zero-order valence-electron chi connectivity index (χ0n) is 26.7. The summed E-state index contributed by atoms with van der Waals surface area (Å²) in [4.78, 5) is 0. The molecule has 0 radical (unpaired) electrons. The Morgan fingerprint density at radius 1 is 0.245 bits per heavy atom. The Kier molecular flexibility index (Phi) is 6.25. The van der Waals surface area contributed by atoms with Crippen molar-refractivity contribution in [2.45, 2.75) is 0 Å². The number of furan rings is 1. The number of rotatable bonds is 4. The largest absolute Gasteiger partial charge is 0.456 e. The Bertz CT molecular complexity index is 2800. The van der Waals surface area contributed by atoms with E-state index in [1.165, 1.54) is 71.3 Å². The molecule has 0 spiro atoms. The molecular weight excluding hydrogens is 593 g/mol. The molecule has 228 valence electrons. The second kappa shape index (κ2) is 11.1. The maximum absolute atomic E-state index is 6.39. The number of hydrogen-bond donors (Lipinski definition) is 0. The van der Waals surface area contributed by atoms with Gasteiger partial charge in [-0.1, -0.05) is 164 Å². The first-order valence-corrected chi connectivity index (χ1v) is 16.9. The monoisotopic (exact) mass is 622 g/mol. The lowest BCUT2D eigenvalue weighted by molar-refractivity contribution is 0.669. The lowest BCUT2D eigenvalue weighted by Crippen LogP contribution is -1.94. The predicted molar refractivity (Wildman–Crippen MR) is 208 cm³/mol. The van der Waals surface area contributed by atoms with Gasteiger partial charge in [-0.2, -0.15) is 0 Å². The van der Waals surface area contributed by atoms with E-state index < -0.39 is 0 Å². The first-order chi connectivity index (χ1) is 24.3. The normalized spacial score (nSPS) is 11.7. The van der Waals surface area contributed by atoms with Crippen LogP contribution in [0.4, 0.5) is 0 Å². The zero-order valence-corrected chi connectivity index (χ0v) is 26.7. The summed E-state index contributed by atoms with van der Waals surface area (Å²) in [5.41, 5.74) is 11.6. The summed E-state index contributed by atoms with van der Waals surface area (Å²) in [5, 5.41) is 9.69. The van der Waals surface area contributed by atoms with Crippen molar-refractivity contribution < 1.29 is 4.42 Å². The molecule has 1 nitrogen and oxygen atoms in total. The third-order valence-electron chi connectivity index (χ3n) is 10.1. The maximum atomic E-state index is 6.39. The molecule has 0 saturated heterocycles. The lowest BCUT2D eigenvalue weighted by Gasteiger charge is -2.22. The quantitative estimate of drug-likeness (QED) is 0.178. The minimum absolute atomic E-state index is 0.907. The SMILES string of the molecule is c1ccc(-c2ccc3c(-c4ccccc4)cccc3c2-c2c3ccccc3c(-c3ccc4c(c3)oc3ccccc34)c3ccccc23)cc1. The van der Waals surface area contributed by atoms with Crippen LogP contribution < -0.4 is 0 Å². The van der Waals surface area contributed by atoms with E-state index >= 15 is 0 Å². The van der Waals surface area contributed by atoms with Gasteiger partial charge in [0, 0.05) is 10.8 Å². The fourth-order valence-electron chi connectivity index (χ4n) is 7.95. The van der Waals surface area contributed by atoms with Crippen molar-refractivity contribution >= 4 is 54.3 Å². The van der Waals surface area contributed by atoms with Gasteiger partial charge in [0.15, 0.2) is 0 Å².